The molecule has 0 unspecified atom stereocenters. The fourth-order valence-corrected chi connectivity index (χ4v) is 7.26. The second-order valence-electron chi connectivity index (χ2n) is 12.3. The number of hydrogen-bond acceptors (Lipinski definition) is 6. The summed E-state index contributed by atoms with van der Waals surface area (Å²) in [5.41, 5.74) is 2.41. The van der Waals surface area contributed by atoms with Crippen molar-refractivity contribution in [2.75, 3.05) is 7.11 Å². The Morgan fingerprint density at radius 1 is 1.19 bits per heavy atom. The number of methoxy groups -OCH3 is 1. The lowest BCUT2D eigenvalue weighted by molar-refractivity contribution is -0.0618. The van der Waals surface area contributed by atoms with Gasteiger partial charge in [0.1, 0.15) is 11.7 Å². The largest absolute Gasteiger partial charge is 0.508 e. The van der Waals surface area contributed by atoms with Crippen LogP contribution in [0.5, 0.6) is 0 Å². The molecule has 3 N–H and O–H groups in total. The van der Waals surface area contributed by atoms with Crippen LogP contribution >= 0.6 is 0 Å². The molecule has 4 rings (SSSR count). The summed E-state index contributed by atoms with van der Waals surface area (Å²) < 4.78 is 9.86. The predicted molar refractivity (Wildman–Crippen MR) is 139 cm³/mol. The summed E-state index contributed by atoms with van der Waals surface area (Å²) >= 11 is 0. The molecule has 4 fully saturated rings. The molecule has 0 aromatic carbocycles. The lowest BCUT2D eigenvalue weighted by Gasteiger charge is -2.45. The van der Waals surface area contributed by atoms with E-state index in [-0.39, 0.29) is 10.8 Å². The minimum atomic E-state index is -1.07. The molecule has 4 aliphatic carbocycles. The van der Waals surface area contributed by atoms with Gasteiger partial charge in [0, 0.05) is 6.42 Å². The minimum Gasteiger partial charge on any atom is -0.438 e. The van der Waals surface area contributed by atoms with Crippen LogP contribution in [0.4, 0.5) is 4.79 Å². The van der Waals surface area contributed by atoms with E-state index in [1.165, 1.54) is 25.5 Å². The summed E-state index contributed by atoms with van der Waals surface area (Å²) in [6.45, 7) is 9.90. The number of hydrogen-bond donors (Lipinski definition) is 3. The van der Waals surface area contributed by atoms with Crippen molar-refractivity contribution in [3.63, 3.8) is 0 Å². The molecule has 0 bridgehead atoms. The van der Waals surface area contributed by atoms with E-state index in [0.717, 1.165) is 43.3 Å². The van der Waals surface area contributed by atoms with Crippen molar-refractivity contribution in [1.29, 1.82) is 0 Å². The van der Waals surface area contributed by atoms with E-state index in [0.29, 0.717) is 24.7 Å². The Balaban J connectivity index is 1.50. The van der Waals surface area contributed by atoms with Crippen molar-refractivity contribution in [3.8, 4) is 0 Å². The zero-order valence-corrected chi connectivity index (χ0v) is 22.3. The van der Waals surface area contributed by atoms with E-state index in [4.69, 9.17) is 4.74 Å². The Morgan fingerprint density at radius 2 is 1.92 bits per heavy atom. The monoisotopic (exact) mass is 500 g/mol. The van der Waals surface area contributed by atoms with E-state index in [1.54, 1.807) is 13.8 Å². The average molecular weight is 501 g/mol. The highest BCUT2D eigenvalue weighted by Crippen LogP contribution is 2.69. The number of aliphatic hydroxyl groups excluding tert-OH is 3. The number of aliphatic hydroxyl groups is 3. The molecule has 0 spiro atoms. The van der Waals surface area contributed by atoms with Gasteiger partial charge in [-0.2, -0.15) is 0 Å². The highest BCUT2D eigenvalue weighted by Gasteiger charge is 2.60. The maximum atomic E-state index is 11.6. The van der Waals surface area contributed by atoms with Crippen LogP contribution in [0.25, 0.3) is 0 Å². The number of carbonyl (C=O) groups excluding carboxylic acids is 1. The molecule has 0 amide bonds. The van der Waals surface area contributed by atoms with Gasteiger partial charge in [-0.05, 0) is 99.0 Å². The van der Waals surface area contributed by atoms with Crippen molar-refractivity contribution in [2.45, 2.75) is 102 Å². The van der Waals surface area contributed by atoms with E-state index in [1.807, 2.05) is 6.08 Å². The standard InChI is InChI=1S/C30H44O6/c1-19-21(17-22(31)18-24(19)32)9-8-20-7-6-13-29(4)23(20)10-11-25(29)30(15-16-30)14-12-26(33)28(2,3)36-27(34)35-5/h8-9,12,14,22-26,31-33H,1,6-7,10-11,13,15-18H2,2-5H3/b14-12+,20-8+,21-9-/t22-,23+,24+,25+,26+,29+/m1/s1. The van der Waals surface area contributed by atoms with E-state index < -0.39 is 30.1 Å². The van der Waals surface area contributed by atoms with Crippen LogP contribution in [0.1, 0.15) is 78.6 Å². The summed E-state index contributed by atoms with van der Waals surface area (Å²) in [6, 6.07) is 0. The van der Waals surface area contributed by atoms with Gasteiger partial charge in [0.25, 0.3) is 0 Å². The van der Waals surface area contributed by atoms with Crippen LogP contribution in [-0.2, 0) is 9.47 Å². The van der Waals surface area contributed by atoms with Crippen LogP contribution in [-0.4, -0.2) is 52.5 Å². The van der Waals surface area contributed by atoms with Crippen LogP contribution in [0.3, 0.4) is 0 Å². The first kappa shape index (κ1) is 27.2. The first-order chi connectivity index (χ1) is 16.9. The molecule has 0 aromatic rings. The van der Waals surface area contributed by atoms with Crippen molar-refractivity contribution < 1.29 is 29.6 Å². The molecule has 6 nitrogen and oxygen atoms in total. The Bertz CT molecular complexity index is 954. The van der Waals surface area contributed by atoms with Gasteiger partial charge in [-0.25, -0.2) is 4.79 Å². The zero-order chi connectivity index (χ0) is 26.3. The maximum absolute atomic E-state index is 11.6. The highest BCUT2D eigenvalue weighted by atomic mass is 16.7. The van der Waals surface area contributed by atoms with Gasteiger partial charge >= 0.3 is 6.16 Å². The Morgan fingerprint density at radius 3 is 2.58 bits per heavy atom. The van der Waals surface area contributed by atoms with Crippen LogP contribution < -0.4 is 0 Å². The lowest BCUT2D eigenvalue weighted by atomic mass is 9.60. The number of carbonyl (C=O) groups is 1. The molecule has 0 saturated heterocycles. The van der Waals surface area contributed by atoms with E-state index in [9.17, 15) is 20.1 Å². The van der Waals surface area contributed by atoms with Crippen LogP contribution in [0, 0.1) is 22.7 Å². The predicted octanol–water partition coefficient (Wildman–Crippen LogP) is 5.39. The molecule has 0 aromatic heterocycles. The maximum Gasteiger partial charge on any atom is 0.508 e. The average Bonchev–Trinajstić information content (AvgIpc) is 3.51. The van der Waals surface area contributed by atoms with Crippen molar-refractivity contribution in [2.24, 2.45) is 22.7 Å². The van der Waals surface area contributed by atoms with Crippen molar-refractivity contribution >= 4 is 6.16 Å². The third-order valence-corrected chi connectivity index (χ3v) is 9.59. The molecule has 0 heterocycles. The van der Waals surface area contributed by atoms with Gasteiger partial charge in [0.2, 0.25) is 0 Å². The Kier molecular flexibility index (Phi) is 7.63. The number of allylic oxidation sites excluding steroid dienone is 4. The van der Waals surface area contributed by atoms with Crippen LogP contribution in [0.2, 0.25) is 0 Å². The zero-order valence-electron chi connectivity index (χ0n) is 22.3. The van der Waals surface area contributed by atoms with Crippen molar-refractivity contribution in [1.82, 2.24) is 0 Å². The molecule has 6 heteroatoms. The fraction of sp³-hybridized carbons (Fsp3) is 0.700. The molecule has 200 valence electrons. The van der Waals surface area contributed by atoms with Crippen LogP contribution in [0.15, 0.2) is 47.6 Å². The van der Waals surface area contributed by atoms with Gasteiger partial charge in [-0.1, -0.05) is 43.4 Å². The Hall–Kier alpha value is -1.89. The summed E-state index contributed by atoms with van der Waals surface area (Å²) in [7, 11) is 1.26. The summed E-state index contributed by atoms with van der Waals surface area (Å²) in [5, 5.41) is 31.1. The second kappa shape index (κ2) is 10.1. The number of rotatable bonds is 6. The molecule has 36 heavy (non-hydrogen) atoms. The summed E-state index contributed by atoms with van der Waals surface area (Å²) in [6.07, 6.45) is 14.4. The van der Waals surface area contributed by atoms with Gasteiger partial charge in [-0.15, -0.1) is 0 Å². The smallest absolute Gasteiger partial charge is 0.438 e. The van der Waals surface area contributed by atoms with Gasteiger partial charge in [-0.3, -0.25) is 0 Å². The quantitative estimate of drug-likeness (QED) is 0.334. The third-order valence-electron chi connectivity index (χ3n) is 9.59. The molecule has 4 saturated carbocycles. The van der Waals surface area contributed by atoms with E-state index >= 15 is 0 Å². The number of ether oxygens (including phenoxy) is 2. The van der Waals surface area contributed by atoms with E-state index in [2.05, 4.69) is 36.5 Å². The normalized spacial score (nSPS) is 37.2. The molecule has 0 aliphatic heterocycles. The van der Waals surface area contributed by atoms with Gasteiger partial charge in [0.05, 0.1) is 19.3 Å². The SMILES string of the molecule is C=C1/C(=C\C=C2/CCC[C@]3(C)[C@@H](C4(/C=C/[C@H](O)C(C)(C)OC(=O)OC)CC4)CC[C@@H]23)C[C@@H](O)C[C@@H]1O. The molecular formula is C30H44O6. The molecule has 0 radical (unpaired) electrons. The minimum absolute atomic E-state index is 0.0958. The summed E-state index contributed by atoms with van der Waals surface area (Å²) in [4.78, 5) is 11.6. The van der Waals surface area contributed by atoms with Gasteiger partial charge < -0.3 is 24.8 Å². The van der Waals surface area contributed by atoms with Crippen molar-refractivity contribution in [3.05, 3.63) is 47.6 Å². The number of fused-ring (bicyclic) bond motifs is 1. The first-order valence-electron chi connectivity index (χ1n) is 13.5. The van der Waals surface area contributed by atoms with Gasteiger partial charge in [0.15, 0.2) is 0 Å². The second-order valence-corrected chi connectivity index (χ2v) is 12.3. The Labute approximate surface area is 215 Å². The first-order valence-corrected chi connectivity index (χ1v) is 13.5. The molecular weight excluding hydrogens is 456 g/mol. The molecule has 4 aliphatic rings. The fourth-order valence-electron chi connectivity index (χ4n) is 7.26. The highest BCUT2D eigenvalue weighted by molar-refractivity contribution is 5.60. The summed E-state index contributed by atoms with van der Waals surface area (Å²) in [5.74, 6) is 1.07. The topological polar surface area (TPSA) is 96.2 Å². The third kappa shape index (κ3) is 5.23. The lowest BCUT2D eigenvalue weighted by Crippen LogP contribution is -2.40. The molecule has 6 atom stereocenters.